The summed E-state index contributed by atoms with van der Waals surface area (Å²) in [5, 5.41) is 2.32. The average molecular weight is 365 g/mol. The third-order valence-corrected chi connectivity index (χ3v) is 6.32. The highest BCUT2D eigenvalue weighted by Crippen LogP contribution is 2.30. The van der Waals surface area contributed by atoms with E-state index in [2.05, 4.69) is 4.72 Å². The van der Waals surface area contributed by atoms with Crippen molar-refractivity contribution in [2.45, 2.75) is 24.4 Å². The number of rotatable bonds is 5. The Balaban J connectivity index is 2.36. The van der Waals surface area contributed by atoms with Crippen LogP contribution in [0, 0.1) is 0 Å². The summed E-state index contributed by atoms with van der Waals surface area (Å²) in [6.07, 6.45) is 0. The van der Waals surface area contributed by atoms with E-state index < -0.39 is 10.0 Å². The molecule has 3 N–H and O–H groups in total. The molecule has 8 heteroatoms. The first kappa shape index (κ1) is 16.7. The van der Waals surface area contributed by atoms with Gasteiger partial charge in [-0.2, -0.15) is 0 Å². The molecule has 0 saturated heterocycles. The molecule has 0 aliphatic carbocycles. The van der Waals surface area contributed by atoms with E-state index in [1.807, 2.05) is 17.5 Å². The molecule has 0 aliphatic rings. The Bertz CT molecular complexity index is 731. The monoisotopic (exact) mass is 364 g/mol. The Hall–Kier alpha value is -0.630. The van der Waals surface area contributed by atoms with E-state index in [0.29, 0.717) is 10.6 Å². The Morgan fingerprint density at radius 3 is 2.62 bits per heavy atom. The summed E-state index contributed by atoms with van der Waals surface area (Å²) in [6.45, 7) is 1.91. The smallest absolute Gasteiger partial charge is 0.242 e. The van der Waals surface area contributed by atoms with Crippen molar-refractivity contribution in [2.75, 3.05) is 0 Å². The van der Waals surface area contributed by atoms with E-state index in [1.54, 1.807) is 6.92 Å². The Labute approximate surface area is 137 Å². The van der Waals surface area contributed by atoms with Crippen LogP contribution in [0.25, 0.3) is 0 Å². The van der Waals surface area contributed by atoms with Crippen molar-refractivity contribution in [2.24, 2.45) is 5.73 Å². The first-order valence-corrected chi connectivity index (χ1v) is 9.20. The number of hydrogen-bond acceptors (Lipinski definition) is 4. The summed E-state index contributed by atoms with van der Waals surface area (Å²) in [4.78, 5) is 0.903. The summed E-state index contributed by atoms with van der Waals surface area (Å²) in [5.41, 5.74) is 6.08. The quantitative estimate of drug-likeness (QED) is 0.851. The van der Waals surface area contributed by atoms with Gasteiger partial charge in [0.25, 0.3) is 0 Å². The molecule has 2 rings (SSSR count). The van der Waals surface area contributed by atoms with E-state index in [0.717, 1.165) is 4.88 Å². The van der Waals surface area contributed by atoms with Crippen LogP contribution in [0.2, 0.25) is 10.0 Å². The van der Waals surface area contributed by atoms with Crippen molar-refractivity contribution in [1.29, 1.82) is 0 Å². The van der Waals surface area contributed by atoms with Crippen LogP contribution in [0.5, 0.6) is 0 Å². The molecule has 1 heterocycles. The number of sulfonamides is 1. The van der Waals surface area contributed by atoms with Crippen LogP contribution >= 0.6 is 34.5 Å². The van der Waals surface area contributed by atoms with Crippen molar-refractivity contribution in [1.82, 2.24) is 4.72 Å². The molecule has 0 aliphatic heterocycles. The number of hydrogen-bond donors (Lipinski definition) is 2. The predicted octanol–water partition coefficient (Wildman–Crippen LogP) is 3.55. The van der Waals surface area contributed by atoms with Crippen molar-refractivity contribution >= 4 is 44.6 Å². The topological polar surface area (TPSA) is 72.2 Å². The van der Waals surface area contributed by atoms with Gasteiger partial charge in [0.1, 0.15) is 4.90 Å². The number of nitrogens with one attached hydrogen (secondary N) is 1. The maximum Gasteiger partial charge on any atom is 0.242 e. The molecule has 0 amide bonds. The molecule has 1 atom stereocenters. The van der Waals surface area contributed by atoms with Gasteiger partial charge in [-0.05, 0) is 36.1 Å². The van der Waals surface area contributed by atoms with E-state index >= 15 is 0 Å². The van der Waals surface area contributed by atoms with Gasteiger partial charge in [0.05, 0.1) is 11.1 Å². The maximum absolute atomic E-state index is 12.5. The van der Waals surface area contributed by atoms with Crippen LogP contribution < -0.4 is 10.5 Å². The molecular weight excluding hydrogens is 351 g/mol. The number of thiophene rings is 1. The highest BCUT2D eigenvalue weighted by atomic mass is 35.5. The Morgan fingerprint density at radius 2 is 2.05 bits per heavy atom. The molecule has 1 aromatic carbocycles. The Kier molecular flexibility index (Phi) is 5.29. The summed E-state index contributed by atoms with van der Waals surface area (Å²) >= 11 is 13.5. The van der Waals surface area contributed by atoms with Gasteiger partial charge in [-0.3, -0.25) is 0 Å². The van der Waals surface area contributed by atoms with Crippen LogP contribution in [0.1, 0.15) is 23.4 Å². The molecular formula is C13H14Cl2N2O2S2. The highest BCUT2D eigenvalue weighted by Gasteiger charge is 2.23. The van der Waals surface area contributed by atoms with Gasteiger partial charge in [-0.15, -0.1) is 11.3 Å². The lowest BCUT2D eigenvalue weighted by molar-refractivity contribution is 0.568. The molecule has 0 radical (unpaired) electrons. The second-order valence-corrected chi connectivity index (χ2v) is 7.91. The van der Waals surface area contributed by atoms with E-state index in [-0.39, 0.29) is 22.5 Å². The highest BCUT2D eigenvalue weighted by molar-refractivity contribution is 7.89. The standard InChI is InChI=1S/C13H14Cl2N2O2S2/c1-8(12-3-2-4-20-12)17-21(18,19)13-5-9(7-16)10(14)6-11(13)15/h2-6,8,17H,7,16H2,1H3. The van der Waals surface area contributed by atoms with E-state index in [1.165, 1.54) is 23.5 Å². The zero-order valence-corrected chi connectivity index (χ0v) is 14.3. The summed E-state index contributed by atoms with van der Waals surface area (Å²) in [5.74, 6) is 0. The minimum absolute atomic E-state index is 0.0163. The lowest BCUT2D eigenvalue weighted by Gasteiger charge is -2.15. The zero-order valence-electron chi connectivity index (χ0n) is 11.1. The predicted molar refractivity (Wildman–Crippen MR) is 87.4 cm³/mol. The third kappa shape index (κ3) is 3.77. The fourth-order valence-corrected chi connectivity index (χ4v) is 4.73. The molecule has 21 heavy (non-hydrogen) atoms. The molecule has 4 nitrogen and oxygen atoms in total. The summed E-state index contributed by atoms with van der Waals surface area (Å²) in [7, 11) is -3.76. The third-order valence-electron chi connectivity index (χ3n) is 2.91. The van der Waals surface area contributed by atoms with Gasteiger partial charge < -0.3 is 5.73 Å². The second kappa shape index (κ2) is 6.64. The molecule has 114 valence electrons. The van der Waals surface area contributed by atoms with Crippen LogP contribution in [0.4, 0.5) is 0 Å². The lowest BCUT2D eigenvalue weighted by atomic mass is 10.2. The zero-order chi connectivity index (χ0) is 15.6. The SMILES string of the molecule is CC(NS(=O)(=O)c1cc(CN)c(Cl)cc1Cl)c1cccs1. The number of halogens is 2. The van der Waals surface area contributed by atoms with Gasteiger partial charge >= 0.3 is 0 Å². The summed E-state index contributed by atoms with van der Waals surface area (Å²) in [6, 6.07) is 6.20. The summed E-state index contributed by atoms with van der Waals surface area (Å²) < 4.78 is 27.5. The molecule has 2 aromatic rings. The van der Waals surface area contributed by atoms with E-state index in [9.17, 15) is 8.42 Å². The van der Waals surface area contributed by atoms with Crippen LogP contribution in [-0.2, 0) is 16.6 Å². The van der Waals surface area contributed by atoms with Gasteiger partial charge in [-0.25, -0.2) is 13.1 Å². The minimum atomic E-state index is -3.76. The molecule has 0 fully saturated rings. The normalized spacial score (nSPS) is 13.3. The fraction of sp³-hybridized carbons (Fsp3) is 0.231. The molecule has 0 spiro atoms. The van der Waals surface area contributed by atoms with Gasteiger partial charge in [0.15, 0.2) is 0 Å². The van der Waals surface area contributed by atoms with Crippen molar-refractivity contribution in [3.8, 4) is 0 Å². The number of benzene rings is 1. The average Bonchev–Trinajstić information content (AvgIpc) is 2.91. The van der Waals surface area contributed by atoms with Gasteiger partial charge in [-0.1, -0.05) is 29.3 Å². The largest absolute Gasteiger partial charge is 0.326 e. The molecule has 0 saturated carbocycles. The molecule has 1 unspecified atom stereocenters. The van der Waals surface area contributed by atoms with Crippen LogP contribution in [0.15, 0.2) is 34.5 Å². The minimum Gasteiger partial charge on any atom is -0.326 e. The van der Waals surface area contributed by atoms with Crippen LogP contribution in [0.3, 0.4) is 0 Å². The first-order valence-electron chi connectivity index (χ1n) is 6.09. The number of nitrogens with two attached hydrogens (primary N) is 1. The van der Waals surface area contributed by atoms with E-state index in [4.69, 9.17) is 28.9 Å². The first-order chi connectivity index (χ1) is 9.85. The maximum atomic E-state index is 12.5. The van der Waals surface area contributed by atoms with Crippen molar-refractivity contribution < 1.29 is 8.42 Å². The van der Waals surface area contributed by atoms with Crippen LogP contribution in [-0.4, -0.2) is 8.42 Å². The Morgan fingerprint density at radius 1 is 1.33 bits per heavy atom. The van der Waals surface area contributed by atoms with Crippen molar-refractivity contribution in [3.05, 3.63) is 50.1 Å². The van der Waals surface area contributed by atoms with Gasteiger partial charge in [0.2, 0.25) is 10.0 Å². The molecule has 1 aromatic heterocycles. The molecule has 0 bridgehead atoms. The second-order valence-electron chi connectivity index (χ2n) is 4.44. The van der Waals surface area contributed by atoms with Crippen molar-refractivity contribution in [3.63, 3.8) is 0 Å². The lowest BCUT2D eigenvalue weighted by Crippen LogP contribution is -2.26. The van der Waals surface area contributed by atoms with Gasteiger partial charge in [0, 0.05) is 16.4 Å². The fourth-order valence-electron chi connectivity index (χ4n) is 1.83.